The molecule has 1 atom stereocenters. The number of aliphatic hydroxyl groups excluding tert-OH is 1. The molecule has 0 bridgehead atoms. The van der Waals surface area contributed by atoms with E-state index in [0.717, 1.165) is 11.1 Å². The number of para-hydroxylation sites is 1. The molecule has 2 amide bonds. The van der Waals surface area contributed by atoms with Gasteiger partial charge in [-0.15, -0.1) is 0 Å². The molecule has 7 nitrogen and oxygen atoms in total. The van der Waals surface area contributed by atoms with E-state index in [1.165, 1.54) is 4.90 Å². The zero-order valence-electron chi connectivity index (χ0n) is 18.3. The van der Waals surface area contributed by atoms with E-state index in [4.69, 9.17) is 4.42 Å². The van der Waals surface area contributed by atoms with E-state index in [0.29, 0.717) is 35.2 Å². The minimum atomic E-state index is -1.64. The van der Waals surface area contributed by atoms with Gasteiger partial charge in [-0.3, -0.25) is 14.4 Å². The molecule has 2 aliphatic heterocycles. The maximum absolute atomic E-state index is 14.0. The van der Waals surface area contributed by atoms with Gasteiger partial charge >= 0.3 is 0 Å². The van der Waals surface area contributed by atoms with Gasteiger partial charge in [0.05, 0.1) is 23.2 Å². The van der Waals surface area contributed by atoms with Crippen molar-refractivity contribution in [1.29, 1.82) is 0 Å². The summed E-state index contributed by atoms with van der Waals surface area (Å²) in [7, 11) is 0. The number of hydrogen-bond donors (Lipinski definition) is 1. The Labute approximate surface area is 184 Å². The Hall–Kier alpha value is -3.45. The molecule has 7 heteroatoms. The monoisotopic (exact) mass is 432 g/mol. The van der Waals surface area contributed by atoms with Gasteiger partial charge in [0.25, 0.3) is 11.8 Å². The van der Waals surface area contributed by atoms with Crippen molar-refractivity contribution in [3.05, 3.63) is 74.6 Å². The molecule has 2 aliphatic rings. The molecule has 0 radical (unpaired) electrons. The minimum Gasteiger partial charge on any atom is -0.450 e. The lowest BCUT2D eigenvalue weighted by atomic mass is 9.84. The summed E-state index contributed by atoms with van der Waals surface area (Å²) in [4.78, 5) is 44.4. The number of fused-ring (bicyclic) bond motifs is 5. The first-order valence-corrected chi connectivity index (χ1v) is 10.8. The van der Waals surface area contributed by atoms with Gasteiger partial charge in [0.1, 0.15) is 5.58 Å². The van der Waals surface area contributed by atoms with E-state index >= 15 is 0 Å². The van der Waals surface area contributed by atoms with E-state index in [1.54, 1.807) is 29.2 Å². The highest BCUT2D eigenvalue weighted by molar-refractivity contribution is 6.17. The third-order valence-corrected chi connectivity index (χ3v) is 6.62. The number of rotatable bonds is 4. The molecule has 0 unspecified atom stereocenters. The second kappa shape index (κ2) is 7.03. The van der Waals surface area contributed by atoms with Gasteiger partial charge in [-0.2, -0.15) is 0 Å². The Kier molecular flexibility index (Phi) is 4.49. The SMILES string of the molecule is CCCN1C(=O)[C@]2(c3ccccc31)c1c(oc3cc(C)c(C)cc3c1=O)C(=O)N2CCO. The van der Waals surface area contributed by atoms with E-state index in [9.17, 15) is 19.5 Å². The van der Waals surface area contributed by atoms with Crippen LogP contribution in [0.15, 0.2) is 45.6 Å². The van der Waals surface area contributed by atoms with Crippen LogP contribution >= 0.6 is 0 Å². The fraction of sp³-hybridized carbons (Fsp3) is 0.320. The van der Waals surface area contributed by atoms with Crippen LogP contribution in [-0.4, -0.2) is 41.5 Å². The van der Waals surface area contributed by atoms with Gasteiger partial charge in [-0.1, -0.05) is 25.1 Å². The Balaban J connectivity index is 1.93. The average Bonchev–Trinajstić information content (AvgIpc) is 3.16. The molecule has 0 saturated heterocycles. The molecule has 2 aromatic carbocycles. The fourth-order valence-corrected chi connectivity index (χ4v) is 5.09. The highest BCUT2D eigenvalue weighted by atomic mass is 16.3. The van der Waals surface area contributed by atoms with Crippen molar-refractivity contribution >= 4 is 28.5 Å². The number of aryl methyl sites for hydroxylation is 2. The van der Waals surface area contributed by atoms with Crippen LogP contribution in [0.4, 0.5) is 5.69 Å². The summed E-state index contributed by atoms with van der Waals surface area (Å²) in [5.74, 6) is -1.05. The maximum Gasteiger partial charge on any atom is 0.291 e. The first kappa shape index (κ1) is 20.5. The Bertz CT molecular complexity index is 1360. The Morgan fingerprint density at radius 3 is 2.47 bits per heavy atom. The third-order valence-electron chi connectivity index (χ3n) is 6.62. The zero-order chi connectivity index (χ0) is 22.8. The highest BCUT2D eigenvalue weighted by Crippen LogP contribution is 2.52. The molecule has 0 aliphatic carbocycles. The van der Waals surface area contributed by atoms with Crippen molar-refractivity contribution in [1.82, 2.24) is 4.90 Å². The number of carbonyl (C=O) groups is 2. The molecular weight excluding hydrogens is 408 g/mol. The van der Waals surface area contributed by atoms with Gasteiger partial charge in [0, 0.05) is 18.7 Å². The van der Waals surface area contributed by atoms with Gasteiger partial charge in [0.2, 0.25) is 5.76 Å². The first-order valence-electron chi connectivity index (χ1n) is 10.8. The van der Waals surface area contributed by atoms with Gasteiger partial charge < -0.3 is 19.3 Å². The summed E-state index contributed by atoms with van der Waals surface area (Å²) in [6.45, 7) is 5.77. The number of benzene rings is 2. The standard InChI is InChI=1S/C25H24N2O5/c1-4-9-26-18-8-6-5-7-17(18)25(24(26)31)20-21(29)16-12-14(2)15(3)13-19(16)32-22(20)23(30)27(25)10-11-28/h5-8,12-13,28H,4,9-11H2,1-3H3/t25-/m0/s1. The molecule has 1 spiro atoms. The number of amides is 2. The third kappa shape index (κ3) is 2.37. The second-order valence-electron chi connectivity index (χ2n) is 8.43. The lowest BCUT2D eigenvalue weighted by Crippen LogP contribution is -2.54. The van der Waals surface area contributed by atoms with Gasteiger partial charge in [-0.05, 0) is 49.6 Å². The average molecular weight is 432 g/mol. The molecule has 3 heterocycles. The lowest BCUT2D eigenvalue weighted by Gasteiger charge is -2.33. The smallest absolute Gasteiger partial charge is 0.291 e. The fourth-order valence-electron chi connectivity index (χ4n) is 5.09. The Morgan fingerprint density at radius 1 is 1.03 bits per heavy atom. The quantitative estimate of drug-likeness (QED) is 0.685. The van der Waals surface area contributed by atoms with Crippen molar-refractivity contribution in [2.24, 2.45) is 0 Å². The normalized spacial score (nSPS) is 19.4. The summed E-state index contributed by atoms with van der Waals surface area (Å²) >= 11 is 0. The summed E-state index contributed by atoms with van der Waals surface area (Å²) in [5.41, 5.74) is 1.41. The van der Waals surface area contributed by atoms with Crippen LogP contribution < -0.4 is 10.3 Å². The van der Waals surface area contributed by atoms with Crippen LogP contribution in [0, 0.1) is 13.8 Å². The van der Waals surface area contributed by atoms with Crippen molar-refractivity contribution in [2.75, 3.05) is 24.6 Å². The van der Waals surface area contributed by atoms with Crippen molar-refractivity contribution < 1.29 is 19.1 Å². The minimum absolute atomic E-state index is 0.0442. The molecule has 1 aromatic heterocycles. The molecule has 32 heavy (non-hydrogen) atoms. The van der Waals surface area contributed by atoms with Crippen LogP contribution in [0.25, 0.3) is 11.0 Å². The molecule has 0 fully saturated rings. The number of aliphatic hydroxyl groups is 1. The van der Waals surface area contributed by atoms with Crippen LogP contribution in [0.5, 0.6) is 0 Å². The van der Waals surface area contributed by atoms with Crippen LogP contribution in [0.3, 0.4) is 0 Å². The first-order chi connectivity index (χ1) is 15.4. The van der Waals surface area contributed by atoms with Crippen molar-refractivity contribution in [2.45, 2.75) is 32.7 Å². The molecular formula is C25H24N2O5. The molecule has 1 N–H and O–H groups in total. The molecule has 164 valence electrons. The largest absolute Gasteiger partial charge is 0.450 e. The van der Waals surface area contributed by atoms with E-state index < -0.39 is 11.4 Å². The molecule has 5 rings (SSSR count). The lowest BCUT2D eigenvalue weighted by molar-refractivity contribution is -0.126. The van der Waals surface area contributed by atoms with Gasteiger partial charge in [-0.25, -0.2) is 0 Å². The highest BCUT2D eigenvalue weighted by Gasteiger charge is 2.64. The predicted octanol–water partition coefficient (Wildman–Crippen LogP) is 2.86. The number of nitrogens with zero attached hydrogens (tertiary/aromatic N) is 2. The van der Waals surface area contributed by atoms with Crippen LogP contribution in [-0.2, 0) is 10.3 Å². The summed E-state index contributed by atoms with van der Waals surface area (Å²) < 4.78 is 6.01. The van der Waals surface area contributed by atoms with Crippen LogP contribution in [0.2, 0.25) is 0 Å². The predicted molar refractivity (Wildman–Crippen MR) is 120 cm³/mol. The van der Waals surface area contributed by atoms with E-state index in [1.807, 2.05) is 32.9 Å². The molecule has 0 saturated carbocycles. The number of anilines is 1. The second-order valence-corrected chi connectivity index (χ2v) is 8.43. The van der Waals surface area contributed by atoms with Crippen LogP contribution in [0.1, 0.15) is 46.2 Å². The summed E-state index contributed by atoms with van der Waals surface area (Å²) in [6, 6.07) is 10.7. The van der Waals surface area contributed by atoms with Crippen molar-refractivity contribution in [3.8, 4) is 0 Å². The summed E-state index contributed by atoms with van der Waals surface area (Å²) in [5, 5.41) is 10.1. The van der Waals surface area contributed by atoms with Gasteiger partial charge in [0.15, 0.2) is 11.0 Å². The topological polar surface area (TPSA) is 91.1 Å². The summed E-state index contributed by atoms with van der Waals surface area (Å²) in [6.07, 6.45) is 0.710. The zero-order valence-corrected chi connectivity index (χ0v) is 18.3. The van der Waals surface area contributed by atoms with Crippen molar-refractivity contribution in [3.63, 3.8) is 0 Å². The number of β-amino-alcohol motifs (C(OH)–C–C–N with tert-alkyl or cyclic N) is 1. The van der Waals surface area contributed by atoms with E-state index in [2.05, 4.69) is 0 Å². The number of carbonyl (C=O) groups excluding carboxylic acids is 2. The maximum atomic E-state index is 14.0. The Morgan fingerprint density at radius 2 is 1.75 bits per heavy atom. The molecule has 3 aromatic rings. The number of hydrogen-bond acceptors (Lipinski definition) is 5. The van der Waals surface area contributed by atoms with E-state index in [-0.39, 0.29) is 35.8 Å².